The second kappa shape index (κ2) is 12.2. The van der Waals surface area contributed by atoms with Gasteiger partial charge < -0.3 is 10.2 Å². The molecule has 0 spiro atoms. The van der Waals surface area contributed by atoms with Crippen molar-refractivity contribution in [2.75, 3.05) is 0 Å². The number of hydrogen-bond donors (Lipinski definition) is 2. The third kappa shape index (κ3) is 5.15. The maximum atomic E-state index is 10.4. The molecule has 0 saturated carbocycles. The van der Waals surface area contributed by atoms with Gasteiger partial charge in [0, 0.05) is 0 Å². The van der Waals surface area contributed by atoms with E-state index in [0.29, 0.717) is 0 Å². The van der Waals surface area contributed by atoms with Crippen LogP contribution in [0.25, 0.3) is 65.3 Å². The van der Waals surface area contributed by atoms with Crippen molar-refractivity contribution in [2.24, 2.45) is 0 Å². The van der Waals surface area contributed by atoms with E-state index in [1.807, 2.05) is 50.2 Å². The van der Waals surface area contributed by atoms with Gasteiger partial charge in [0.15, 0.2) is 0 Å². The number of aromatic hydroxyl groups is 2. The highest BCUT2D eigenvalue weighted by Gasteiger charge is 2.19. The van der Waals surface area contributed by atoms with E-state index in [0.717, 1.165) is 43.8 Å². The monoisotopic (exact) mass is 624 g/mol. The zero-order chi connectivity index (χ0) is 33.7. The van der Waals surface area contributed by atoms with Gasteiger partial charge in [0.2, 0.25) is 0 Å². The molecular weight excluding hydrogens is 585 g/mol. The van der Waals surface area contributed by atoms with Gasteiger partial charge in [0.1, 0.15) is 11.5 Å². The molecule has 0 fully saturated rings. The third-order valence-corrected chi connectivity index (χ3v) is 10.2. The van der Waals surface area contributed by atoms with Crippen LogP contribution in [-0.2, 0) is 0 Å². The van der Waals surface area contributed by atoms with Crippen molar-refractivity contribution in [1.29, 1.82) is 0 Å². The Morgan fingerprint density at radius 1 is 0.312 bits per heavy atom. The second-order valence-electron chi connectivity index (χ2n) is 13.1. The molecule has 0 heterocycles. The van der Waals surface area contributed by atoms with Crippen LogP contribution in [0.1, 0.15) is 33.4 Å². The van der Waals surface area contributed by atoms with Gasteiger partial charge in [0.05, 0.1) is 0 Å². The summed E-state index contributed by atoms with van der Waals surface area (Å²) >= 11 is 0. The number of phenols is 2. The lowest BCUT2D eigenvalue weighted by Crippen LogP contribution is -1.96. The lowest BCUT2D eigenvalue weighted by molar-refractivity contribution is 0.471. The summed E-state index contributed by atoms with van der Waals surface area (Å²) in [6.45, 7) is 12.8. The molecule has 236 valence electrons. The highest BCUT2D eigenvalue weighted by atomic mass is 16.3. The van der Waals surface area contributed by atoms with Crippen molar-refractivity contribution in [3.8, 4) is 33.8 Å². The second-order valence-corrected chi connectivity index (χ2v) is 13.1. The fraction of sp³-hybridized carbons (Fsp3) is 0.130. The summed E-state index contributed by atoms with van der Waals surface area (Å²) in [5.41, 5.74) is 11.9. The Labute approximate surface area is 282 Å². The van der Waals surface area contributed by atoms with Gasteiger partial charge in [-0.05, 0) is 152 Å². The summed E-state index contributed by atoms with van der Waals surface area (Å²) in [5.74, 6) is 0.547. The van der Waals surface area contributed by atoms with Crippen molar-refractivity contribution in [1.82, 2.24) is 0 Å². The van der Waals surface area contributed by atoms with E-state index in [9.17, 15) is 10.2 Å². The quantitative estimate of drug-likeness (QED) is 0.201. The van der Waals surface area contributed by atoms with E-state index in [1.165, 1.54) is 54.9 Å². The molecule has 0 amide bonds. The molecular formula is C46H40O2. The van der Waals surface area contributed by atoms with Crippen LogP contribution < -0.4 is 0 Å². The highest BCUT2D eigenvalue weighted by molar-refractivity contribution is 6.10. The fourth-order valence-corrected chi connectivity index (χ4v) is 7.34. The summed E-state index contributed by atoms with van der Waals surface area (Å²) in [6.07, 6.45) is 0. The fourth-order valence-electron chi connectivity index (χ4n) is 7.34. The van der Waals surface area contributed by atoms with Crippen LogP contribution in [0.4, 0.5) is 0 Å². The SMILES string of the molecule is Cc1c(O)cc2ccccc2c1-c1c(C)c(O)cc2ccccc12.Cc1cc2ccccc2c(-c2c(C)c(C)cc3ccccc23)c1C. The molecule has 2 nitrogen and oxygen atoms in total. The zero-order valence-corrected chi connectivity index (χ0v) is 28.4. The first kappa shape index (κ1) is 31.0. The van der Waals surface area contributed by atoms with E-state index >= 15 is 0 Å². The number of rotatable bonds is 2. The number of aryl methyl sites for hydroxylation is 2. The highest BCUT2D eigenvalue weighted by Crippen LogP contribution is 2.44. The number of benzene rings is 8. The maximum absolute atomic E-state index is 10.4. The molecule has 0 aliphatic heterocycles. The van der Waals surface area contributed by atoms with E-state index in [1.54, 1.807) is 12.1 Å². The molecule has 0 aromatic heterocycles. The third-order valence-electron chi connectivity index (χ3n) is 10.2. The predicted molar refractivity (Wildman–Crippen MR) is 206 cm³/mol. The van der Waals surface area contributed by atoms with Crippen LogP contribution in [0.15, 0.2) is 121 Å². The molecule has 8 rings (SSSR count). The van der Waals surface area contributed by atoms with Gasteiger partial charge in [0.25, 0.3) is 0 Å². The van der Waals surface area contributed by atoms with Crippen LogP contribution in [0.5, 0.6) is 11.5 Å². The molecule has 0 bridgehead atoms. The molecule has 0 radical (unpaired) electrons. The first-order valence-corrected chi connectivity index (χ1v) is 16.6. The average molecular weight is 625 g/mol. The van der Waals surface area contributed by atoms with Crippen molar-refractivity contribution >= 4 is 43.1 Å². The molecule has 8 aromatic carbocycles. The molecule has 0 aliphatic carbocycles. The van der Waals surface area contributed by atoms with Crippen LogP contribution in [0.3, 0.4) is 0 Å². The summed E-state index contributed by atoms with van der Waals surface area (Å²) in [7, 11) is 0. The molecule has 0 aliphatic rings. The van der Waals surface area contributed by atoms with Crippen LogP contribution in [0.2, 0.25) is 0 Å². The number of fused-ring (bicyclic) bond motifs is 4. The number of hydrogen-bond acceptors (Lipinski definition) is 2. The van der Waals surface area contributed by atoms with Gasteiger partial charge in [-0.2, -0.15) is 0 Å². The molecule has 0 unspecified atom stereocenters. The molecule has 0 atom stereocenters. The summed E-state index contributed by atoms with van der Waals surface area (Å²) in [5, 5.41) is 30.3. The Bertz CT molecular complexity index is 2180. The molecule has 0 saturated heterocycles. The van der Waals surface area contributed by atoms with E-state index < -0.39 is 0 Å². The number of phenolic OH excluding ortho intramolecular Hbond substituents is 2. The Morgan fingerprint density at radius 2 is 0.562 bits per heavy atom. The molecule has 48 heavy (non-hydrogen) atoms. The van der Waals surface area contributed by atoms with Gasteiger partial charge in [-0.3, -0.25) is 0 Å². The van der Waals surface area contributed by atoms with Gasteiger partial charge in [-0.15, -0.1) is 0 Å². The Balaban J connectivity index is 0.000000152. The Morgan fingerprint density at radius 3 is 0.875 bits per heavy atom. The zero-order valence-electron chi connectivity index (χ0n) is 28.4. The van der Waals surface area contributed by atoms with Crippen LogP contribution in [0, 0.1) is 41.5 Å². The summed E-state index contributed by atoms with van der Waals surface area (Å²) < 4.78 is 0. The van der Waals surface area contributed by atoms with Gasteiger partial charge in [-0.25, -0.2) is 0 Å². The topological polar surface area (TPSA) is 40.5 Å². The smallest absolute Gasteiger partial charge is 0.119 e. The minimum atomic E-state index is 0.274. The molecule has 8 aromatic rings. The Kier molecular flexibility index (Phi) is 7.89. The van der Waals surface area contributed by atoms with E-state index in [-0.39, 0.29) is 11.5 Å². The van der Waals surface area contributed by atoms with E-state index in [2.05, 4.69) is 100 Å². The van der Waals surface area contributed by atoms with Gasteiger partial charge >= 0.3 is 0 Å². The maximum Gasteiger partial charge on any atom is 0.119 e. The van der Waals surface area contributed by atoms with Crippen molar-refractivity contribution in [3.05, 3.63) is 155 Å². The first-order chi connectivity index (χ1) is 23.2. The Hall–Kier alpha value is -5.60. The van der Waals surface area contributed by atoms with Crippen LogP contribution in [-0.4, -0.2) is 10.2 Å². The minimum Gasteiger partial charge on any atom is -0.508 e. The minimum absolute atomic E-state index is 0.274. The average Bonchev–Trinajstić information content (AvgIpc) is 3.09. The van der Waals surface area contributed by atoms with Crippen molar-refractivity contribution in [2.45, 2.75) is 41.5 Å². The lowest BCUT2D eigenvalue weighted by atomic mass is 9.85. The van der Waals surface area contributed by atoms with Crippen molar-refractivity contribution < 1.29 is 10.2 Å². The van der Waals surface area contributed by atoms with Gasteiger partial charge in [-0.1, -0.05) is 109 Å². The first-order valence-electron chi connectivity index (χ1n) is 16.6. The summed E-state index contributed by atoms with van der Waals surface area (Å²) in [4.78, 5) is 0. The molecule has 2 N–H and O–H groups in total. The molecule has 2 heteroatoms. The lowest BCUT2D eigenvalue weighted by Gasteiger charge is -2.19. The normalized spacial score (nSPS) is 11.3. The van der Waals surface area contributed by atoms with Crippen molar-refractivity contribution in [3.63, 3.8) is 0 Å². The van der Waals surface area contributed by atoms with E-state index in [4.69, 9.17) is 0 Å². The predicted octanol–water partition coefficient (Wildman–Crippen LogP) is 12.6. The summed E-state index contributed by atoms with van der Waals surface area (Å²) in [6, 6.07) is 41.8. The van der Waals surface area contributed by atoms with Crippen LogP contribution >= 0.6 is 0 Å². The largest absolute Gasteiger partial charge is 0.508 e. The standard InChI is InChI=1S/C24H22.C22H18O2/c1-15-13-19-9-5-7-11-21(19)23(17(15)3)24-18(4)16(2)14-20-10-6-8-12-22(20)24;1-13-19(23)11-15-7-3-5-9-17(15)21(13)22-14(2)20(24)12-16-8-4-6-10-18(16)22/h5-14H,1-4H3;3-12,23-24H,1-2H3.